The van der Waals surface area contributed by atoms with Gasteiger partial charge in [-0.3, -0.25) is 0 Å². The van der Waals surface area contributed by atoms with Crippen molar-refractivity contribution in [2.45, 2.75) is 34.1 Å². The van der Waals surface area contributed by atoms with E-state index in [0.29, 0.717) is 0 Å². The zero-order valence-electron chi connectivity index (χ0n) is 14.1. The molecule has 2 radical (unpaired) electrons. The van der Waals surface area contributed by atoms with Gasteiger partial charge < -0.3 is 24.3 Å². The van der Waals surface area contributed by atoms with Gasteiger partial charge in [-0.1, -0.05) is 39.1 Å². The van der Waals surface area contributed by atoms with E-state index in [1.54, 1.807) is 0 Å². The maximum atomic E-state index is 4.90. The maximum absolute atomic E-state index is 4.90. The fourth-order valence-electron chi connectivity index (χ4n) is 2.00. The van der Waals surface area contributed by atoms with Crippen LogP contribution < -0.4 is 9.47 Å². The standard InChI is InChI=1S/C17H18O2.2CH4.2CH3.2Y/c1-18-16-10-6-14(7-11-16)4-3-5-15-8-12-17(19-2)13-9-15;;;;;;/h6-13H,1-5H2;2*1H4;2*1H3;;/q-2;;;2*-1;;. The van der Waals surface area contributed by atoms with Gasteiger partial charge >= 0.3 is 0 Å². The second-order valence-electron chi connectivity index (χ2n) is 4.43. The van der Waals surface area contributed by atoms with E-state index in [4.69, 9.17) is 9.47 Å². The molecule has 0 bridgehead atoms. The van der Waals surface area contributed by atoms with E-state index in [0.717, 1.165) is 30.8 Å². The minimum atomic E-state index is 0. The first-order valence-corrected chi connectivity index (χ1v) is 6.34. The molecule has 0 saturated heterocycles. The molecule has 0 aliphatic rings. The van der Waals surface area contributed by atoms with Crippen molar-refractivity contribution in [2.24, 2.45) is 0 Å². The van der Waals surface area contributed by atoms with Gasteiger partial charge in [-0.15, -0.1) is 0 Å². The average molecular weight is 494 g/mol. The van der Waals surface area contributed by atoms with E-state index in [2.05, 4.69) is 38.5 Å². The summed E-state index contributed by atoms with van der Waals surface area (Å²) in [6.45, 7) is 0. The normalized spacial score (nSPS) is 7.76. The second kappa shape index (κ2) is 20.6. The molecule has 0 aliphatic carbocycles. The fourth-order valence-corrected chi connectivity index (χ4v) is 2.00. The quantitative estimate of drug-likeness (QED) is 0.435. The Hall–Kier alpha value is 0.248. The Labute approximate surface area is 207 Å². The number of hydrogen-bond donors (Lipinski definition) is 0. The van der Waals surface area contributed by atoms with Gasteiger partial charge in [0.15, 0.2) is 0 Å². The van der Waals surface area contributed by atoms with E-state index in [-0.39, 0.29) is 95.1 Å². The molecular weight excluding hydrogens is 462 g/mol. The second-order valence-corrected chi connectivity index (χ2v) is 4.43. The number of rotatable bonds is 6. The van der Waals surface area contributed by atoms with Crippen LogP contribution in [0.15, 0.2) is 48.5 Å². The molecule has 0 spiro atoms. The van der Waals surface area contributed by atoms with Crippen LogP contribution in [-0.4, -0.2) is 0 Å². The van der Waals surface area contributed by atoms with Gasteiger partial charge in [-0.25, -0.2) is 0 Å². The molecule has 2 rings (SSSR count). The summed E-state index contributed by atoms with van der Waals surface area (Å²) in [6, 6.07) is 16.1. The van der Waals surface area contributed by atoms with Gasteiger partial charge in [-0.05, 0) is 54.7 Å². The van der Waals surface area contributed by atoms with Crippen LogP contribution in [0.1, 0.15) is 32.4 Å². The molecule has 25 heavy (non-hydrogen) atoms. The molecular formula is C21H32O2Y2-4. The summed E-state index contributed by atoms with van der Waals surface area (Å²) in [5, 5.41) is 0. The molecule has 0 N–H and O–H groups in total. The van der Waals surface area contributed by atoms with E-state index in [1.165, 1.54) is 11.1 Å². The minimum Gasteiger partial charge on any atom is -0.665 e. The summed E-state index contributed by atoms with van der Waals surface area (Å²) in [4.78, 5) is 0. The molecule has 2 nitrogen and oxygen atoms in total. The minimum absolute atomic E-state index is 0. The molecule has 2 aromatic rings. The Balaban J connectivity index is -0.000000222. The number of ether oxygens (including phenoxy) is 2. The smallest absolute Gasteiger partial charge is 0.0843 e. The van der Waals surface area contributed by atoms with Crippen LogP contribution in [0.3, 0.4) is 0 Å². The first-order valence-electron chi connectivity index (χ1n) is 6.34. The van der Waals surface area contributed by atoms with E-state index >= 15 is 0 Å². The van der Waals surface area contributed by atoms with Crippen LogP contribution in [0.4, 0.5) is 0 Å². The third kappa shape index (κ3) is 13.1. The van der Waals surface area contributed by atoms with Gasteiger partial charge in [0.1, 0.15) is 0 Å². The van der Waals surface area contributed by atoms with Crippen LogP contribution >= 0.6 is 0 Å². The van der Waals surface area contributed by atoms with Gasteiger partial charge in [0, 0.05) is 65.4 Å². The summed E-state index contributed by atoms with van der Waals surface area (Å²) in [6.07, 6.45) is 3.24. The van der Waals surface area contributed by atoms with E-state index < -0.39 is 0 Å². The Morgan fingerprint density at radius 2 is 0.880 bits per heavy atom. The van der Waals surface area contributed by atoms with Crippen molar-refractivity contribution in [3.8, 4) is 11.5 Å². The van der Waals surface area contributed by atoms with Crippen molar-refractivity contribution in [3.05, 3.63) is 88.7 Å². The van der Waals surface area contributed by atoms with Crippen molar-refractivity contribution in [1.29, 1.82) is 0 Å². The van der Waals surface area contributed by atoms with Crippen molar-refractivity contribution >= 4 is 0 Å². The van der Waals surface area contributed by atoms with Gasteiger partial charge in [-0.2, -0.15) is 14.2 Å². The first kappa shape index (κ1) is 36.2. The molecule has 0 atom stereocenters. The topological polar surface area (TPSA) is 18.5 Å². The number of hydrogen-bond acceptors (Lipinski definition) is 2. The van der Waals surface area contributed by atoms with Crippen LogP contribution in [-0.2, 0) is 78.3 Å². The monoisotopic (exact) mass is 494 g/mol. The molecule has 0 unspecified atom stereocenters. The summed E-state index contributed by atoms with van der Waals surface area (Å²) >= 11 is 0. The molecule has 0 fully saturated rings. The SMILES string of the molecule is C.C.[CH2-]Oc1ccc(CCCc2ccc(O[CH2-])cc2)cc1.[CH3-].[CH3-].[Y].[Y]. The molecule has 2 aromatic carbocycles. The molecule has 0 amide bonds. The number of aryl methyl sites for hydroxylation is 2. The van der Waals surface area contributed by atoms with Crippen LogP contribution in [0, 0.1) is 29.1 Å². The van der Waals surface area contributed by atoms with Crippen LogP contribution in [0.25, 0.3) is 0 Å². The van der Waals surface area contributed by atoms with Crippen molar-refractivity contribution < 1.29 is 74.9 Å². The van der Waals surface area contributed by atoms with E-state index in [1.807, 2.05) is 24.3 Å². The Morgan fingerprint density at radius 1 is 0.600 bits per heavy atom. The first-order chi connectivity index (χ1) is 9.31. The third-order valence-corrected chi connectivity index (χ3v) is 3.11. The molecule has 4 heteroatoms. The van der Waals surface area contributed by atoms with Crippen LogP contribution in [0.5, 0.6) is 11.5 Å². The van der Waals surface area contributed by atoms with Gasteiger partial charge in [0.05, 0.1) is 11.5 Å². The third-order valence-electron chi connectivity index (χ3n) is 3.11. The summed E-state index contributed by atoms with van der Waals surface area (Å²) in [5.41, 5.74) is 2.64. The summed E-state index contributed by atoms with van der Waals surface area (Å²) < 4.78 is 9.80. The average Bonchev–Trinajstić information content (AvgIpc) is 2.49. The molecule has 0 heterocycles. The predicted octanol–water partition coefficient (Wildman–Crippen LogP) is 6.37. The zero-order chi connectivity index (χ0) is 13.5. The summed E-state index contributed by atoms with van der Waals surface area (Å²) in [7, 11) is 6.77. The Kier molecular flexibility index (Phi) is 29.8. The van der Waals surface area contributed by atoms with Crippen molar-refractivity contribution in [1.82, 2.24) is 0 Å². The van der Waals surface area contributed by atoms with Gasteiger partial charge in [0.2, 0.25) is 0 Å². The van der Waals surface area contributed by atoms with Gasteiger partial charge in [0.25, 0.3) is 0 Å². The zero-order valence-corrected chi connectivity index (χ0v) is 19.8. The van der Waals surface area contributed by atoms with Crippen molar-refractivity contribution in [2.75, 3.05) is 0 Å². The predicted molar refractivity (Wildman–Crippen MR) is 103 cm³/mol. The molecule has 0 aromatic heterocycles. The largest absolute Gasteiger partial charge is 0.665 e. The Morgan fingerprint density at radius 3 is 1.12 bits per heavy atom. The Bertz CT molecular complexity index is 449. The van der Waals surface area contributed by atoms with E-state index in [9.17, 15) is 0 Å². The summed E-state index contributed by atoms with van der Waals surface area (Å²) in [5.74, 6) is 1.60. The molecule has 138 valence electrons. The molecule has 0 saturated carbocycles. The fraction of sp³-hybridized carbons (Fsp3) is 0.238. The molecule has 0 aliphatic heterocycles. The maximum Gasteiger partial charge on any atom is 0.0843 e. The van der Waals surface area contributed by atoms with Crippen LogP contribution in [0.2, 0.25) is 0 Å². The van der Waals surface area contributed by atoms with Crippen molar-refractivity contribution in [3.63, 3.8) is 0 Å². The number of benzene rings is 2.